The van der Waals surface area contributed by atoms with Gasteiger partial charge >= 0.3 is 0 Å². The number of pyridine rings is 2. The van der Waals surface area contributed by atoms with E-state index in [-0.39, 0.29) is 11.7 Å². The van der Waals surface area contributed by atoms with Gasteiger partial charge in [0.1, 0.15) is 30.8 Å². The molecule has 1 aromatic carbocycles. The fraction of sp³-hybridized carbons (Fsp3) is 0.333. The number of hydrogen-bond acceptors (Lipinski definition) is 6. The molecule has 162 valence electrons. The maximum absolute atomic E-state index is 12.7. The zero-order valence-electron chi connectivity index (χ0n) is 17.5. The molecule has 3 aromatic rings. The van der Waals surface area contributed by atoms with Crippen molar-refractivity contribution >= 4 is 0 Å². The lowest BCUT2D eigenvalue weighted by Crippen LogP contribution is -2.33. The average molecular weight is 422 g/mol. The molecule has 0 radical (unpaired) electrons. The minimum Gasteiger partial charge on any atom is -0.491 e. The van der Waals surface area contributed by atoms with Gasteiger partial charge in [0.05, 0.1) is 32.1 Å². The molecule has 7 nitrogen and oxygen atoms in total. The lowest BCUT2D eigenvalue weighted by Gasteiger charge is -2.23. The van der Waals surface area contributed by atoms with Gasteiger partial charge in [-0.1, -0.05) is 18.2 Å². The number of ether oxygens (including phenoxy) is 4. The molecule has 0 spiro atoms. The van der Waals surface area contributed by atoms with Gasteiger partial charge in [0.2, 0.25) is 0 Å². The molecule has 1 saturated heterocycles. The van der Waals surface area contributed by atoms with E-state index in [9.17, 15) is 4.79 Å². The summed E-state index contributed by atoms with van der Waals surface area (Å²) in [6, 6.07) is 16.8. The summed E-state index contributed by atoms with van der Waals surface area (Å²) in [6.07, 6.45) is 1.64. The molecule has 1 aliphatic rings. The van der Waals surface area contributed by atoms with Gasteiger partial charge in [-0.25, -0.2) is 0 Å². The number of hydrogen-bond donors (Lipinski definition) is 0. The molecule has 1 fully saturated rings. The van der Waals surface area contributed by atoms with E-state index in [4.69, 9.17) is 18.9 Å². The van der Waals surface area contributed by atoms with Gasteiger partial charge in [0.25, 0.3) is 5.56 Å². The van der Waals surface area contributed by atoms with Crippen LogP contribution >= 0.6 is 0 Å². The third-order valence-corrected chi connectivity index (χ3v) is 4.98. The topological polar surface area (TPSA) is 71.8 Å². The Hall–Kier alpha value is -3.16. The fourth-order valence-corrected chi connectivity index (χ4v) is 3.36. The second kappa shape index (κ2) is 10.2. The highest BCUT2D eigenvalue weighted by Crippen LogP contribution is 2.17. The van der Waals surface area contributed by atoms with Crippen LogP contribution in [-0.4, -0.2) is 42.1 Å². The molecule has 3 heterocycles. The van der Waals surface area contributed by atoms with Crippen LogP contribution in [-0.2, 0) is 22.6 Å². The van der Waals surface area contributed by atoms with E-state index in [2.05, 4.69) is 4.98 Å². The van der Waals surface area contributed by atoms with E-state index in [1.165, 1.54) is 6.07 Å². The van der Waals surface area contributed by atoms with Crippen molar-refractivity contribution < 1.29 is 18.9 Å². The van der Waals surface area contributed by atoms with Crippen LogP contribution in [0.4, 0.5) is 0 Å². The summed E-state index contributed by atoms with van der Waals surface area (Å²) < 4.78 is 24.3. The van der Waals surface area contributed by atoms with Crippen molar-refractivity contribution in [1.29, 1.82) is 0 Å². The Morgan fingerprint density at radius 3 is 2.77 bits per heavy atom. The Morgan fingerprint density at radius 1 is 1.06 bits per heavy atom. The quantitative estimate of drug-likeness (QED) is 0.556. The van der Waals surface area contributed by atoms with Crippen molar-refractivity contribution in [3.8, 4) is 11.5 Å². The Balaban J connectivity index is 1.39. The molecule has 2 aromatic heterocycles. The summed E-state index contributed by atoms with van der Waals surface area (Å²) >= 11 is 0. The van der Waals surface area contributed by atoms with Crippen molar-refractivity contribution in [3.05, 3.63) is 88.1 Å². The third kappa shape index (κ3) is 5.93. The highest BCUT2D eigenvalue weighted by molar-refractivity contribution is 5.30. The molecule has 31 heavy (non-hydrogen) atoms. The van der Waals surface area contributed by atoms with Crippen LogP contribution in [0.2, 0.25) is 0 Å². The first kappa shape index (κ1) is 21.1. The van der Waals surface area contributed by atoms with E-state index >= 15 is 0 Å². The Bertz CT molecular complexity index is 1050. The Morgan fingerprint density at radius 2 is 2.00 bits per heavy atom. The number of benzene rings is 1. The predicted octanol–water partition coefficient (Wildman–Crippen LogP) is 2.97. The summed E-state index contributed by atoms with van der Waals surface area (Å²) in [5.41, 5.74) is 2.55. The lowest BCUT2D eigenvalue weighted by molar-refractivity contribution is -0.101. The monoisotopic (exact) mass is 422 g/mol. The first-order valence-electron chi connectivity index (χ1n) is 10.3. The first-order chi connectivity index (χ1) is 15.2. The van der Waals surface area contributed by atoms with Crippen LogP contribution in [0.3, 0.4) is 0 Å². The summed E-state index contributed by atoms with van der Waals surface area (Å²) in [5, 5.41) is 0. The van der Waals surface area contributed by atoms with Gasteiger partial charge in [-0.15, -0.1) is 0 Å². The van der Waals surface area contributed by atoms with Gasteiger partial charge in [0.15, 0.2) is 0 Å². The normalized spacial score (nSPS) is 16.1. The van der Waals surface area contributed by atoms with Crippen LogP contribution in [0.1, 0.15) is 17.0 Å². The SMILES string of the molecule is Cc1cc(OCC2COCCO2)cc(=O)n1Cc1cccc(OCc2ccccn2)c1. The zero-order chi connectivity index (χ0) is 21.5. The minimum absolute atomic E-state index is 0.106. The molecular formula is C24H26N2O5. The Kier molecular flexibility index (Phi) is 6.96. The number of aryl methyl sites for hydroxylation is 1. The molecule has 0 amide bonds. The Labute approximate surface area is 181 Å². The average Bonchev–Trinajstić information content (AvgIpc) is 2.80. The fourth-order valence-electron chi connectivity index (χ4n) is 3.36. The second-order valence-electron chi connectivity index (χ2n) is 7.39. The molecule has 0 bridgehead atoms. The first-order valence-corrected chi connectivity index (χ1v) is 10.3. The minimum atomic E-state index is -0.115. The van der Waals surface area contributed by atoms with Crippen molar-refractivity contribution in [2.75, 3.05) is 26.4 Å². The van der Waals surface area contributed by atoms with Crippen LogP contribution in [0.15, 0.2) is 65.6 Å². The smallest absolute Gasteiger partial charge is 0.254 e. The van der Waals surface area contributed by atoms with Gasteiger partial charge in [0, 0.05) is 18.0 Å². The molecule has 4 rings (SSSR count). The molecule has 0 aliphatic carbocycles. The summed E-state index contributed by atoms with van der Waals surface area (Å²) in [5.74, 6) is 1.28. The highest BCUT2D eigenvalue weighted by Gasteiger charge is 2.15. The molecule has 1 atom stereocenters. The summed E-state index contributed by atoms with van der Waals surface area (Å²) in [7, 11) is 0. The predicted molar refractivity (Wildman–Crippen MR) is 116 cm³/mol. The second-order valence-corrected chi connectivity index (χ2v) is 7.39. The third-order valence-electron chi connectivity index (χ3n) is 4.98. The number of nitrogens with zero attached hydrogens (tertiary/aromatic N) is 2. The number of rotatable bonds is 8. The molecule has 0 N–H and O–H groups in total. The standard InChI is InChI=1S/C24H26N2O5/c1-18-11-22(31-17-23-16-28-9-10-29-23)13-24(27)26(18)14-19-5-4-7-21(12-19)30-15-20-6-2-3-8-25-20/h2-8,11-13,23H,9-10,14-17H2,1H3. The lowest BCUT2D eigenvalue weighted by atomic mass is 10.2. The molecule has 7 heteroatoms. The van der Waals surface area contributed by atoms with Crippen molar-refractivity contribution in [2.24, 2.45) is 0 Å². The van der Waals surface area contributed by atoms with Gasteiger partial charge in [-0.3, -0.25) is 9.78 Å². The molecule has 1 unspecified atom stereocenters. The maximum Gasteiger partial charge on any atom is 0.254 e. The molecule has 1 aliphatic heterocycles. The maximum atomic E-state index is 12.7. The van der Waals surface area contributed by atoms with Gasteiger partial charge in [-0.2, -0.15) is 0 Å². The van der Waals surface area contributed by atoms with E-state index in [0.717, 1.165) is 22.7 Å². The largest absolute Gasteiger partial charge is 0.491 e. The van der Waals surface area contributed by atoms with E-state index in [1.54, 1.807) is 10.8 Å². The van der Waals surface area contributed by atoms with Crippen LogP contribution in [0.25, 0.3) is 0 Å². The highest BCUT2D eigenvalue weighted by atomic mass is 16.6. The van der Waals surface area contributed by atoms with Crippen molar-refractivity contribution in [1.82, 2.24) is 9.55 Å². The van der Waals surface area contributed by atoms with Gasteiger partial charge < -0.3 is 23.5 Å². The summed E-state index contributed by atoms with van der Waals surface area (Å²) in [6.45, 7) is 4.79. The zero-order valence-corrected chi connectivity index (χ0v) is 17.5. The molecular weight excluding hydrogens is 396 g/mol. The van der Waals surface area contributed by atoms with E-state index < -0.39 is 0 Å². The molecule has 0 saturated carbocycles. The van der Waals surface area contributed by atoms with Crippen molar-refractivity contribution in [3.63, 3.8) is 0 Å². The van der Waals surface area contributed by atoms with Crippen LogP contribution in [0, 0.1) is 6.92 Å². The van der Waals surface area contributed by atoms with Gasteiger partial charge in [-0.05, 0) is 42.8 Å². The van der Waals surface area contributed by atoms with Crippen LogP contribution < -0.4 is 15.0 Å². The van der Waals surface area contributed by atoms with Crippen molar-refractivity contribution in [2.45, 2.75) is 26.2 Å². The van der Waals surface area contributed by atoms with E-state index in [1.807, 2.05) is 55.5 Å². The summed E-state index contributed by atoms with van der Waals surface area (Å²) in [4.78, 5) is 17.0. The number of aromatic nitrogens is 2. The van der Waals surface area contributed by atoms with Crippen LogP contribution in [0.5, 0.6) is 11.5 Å². The van der Waals surface area contributed by atoms with E-state index in [0.29, 0.717) is 45.3 Å².